The van der Waals surface area contributed by atoms with Crippen molar-refractivity contribution in [3.63, 3.8) is 0 Å². The number of rotatable bonds is 6. The Morgan fingerprint density at radius 1 is 1.25 bits per heavy atom. The molecule has 1 heterocycles. The molecular weight excluding hydrogens is 296 g/mol. The zero-order chi connectivity index (χ0) is 17.7. The molecule has 0 bridgehead atoms. The smallest absolute Gasteiger partial charge is 0.122 e. The van der Waals surface area contributed by atoms with Crippen LogP contribution in [0.25, 0.3) is 0 Å². The molecule has 24 heavy (non-hydrogen) atoms. The molecule has 1 aromatic carbocycles. The maximum Gasteiger partial charge on any atom is 0.122 e. The number of ether oxygens (including phenoxy) is 1. The number of likely N-dealkylation sites (tertiary alicyclic amines) is 1. The lowest BCUT2D eigenvalue weighted by Gasteiger charge is -2.36. The minimum Gasteiger partial charge on any atom is -0.496 e. The number of nitrogens with zero attached hydrogens (tertiary/aromatic N) is 1. The van der Waals surface area contributed by atoms with Gasteiger partial charge in [0.25, 0.3) is 0 Å². The van der Waals surface area contributed by atoms with Gasteiger partial charge < -0.3 is 15.4 Å². The van der Waals surface area contributed by atoms with E-state index in [-0.39, 0.29) is 5.41 Å². The summed E-state index contributed by atoms with van der Waals surface area (Å²) < 4.78 is 5.68. The van der Waals surface area contributed by atoms with Crippen LogP contribution in [-0.4, -0.2) is 38.2 Å². The average Bonchev–Trinajstić information content (AvgIpc) is 2.56. The highest BCUT2D eigenvalue weighted by Gasteiger charge is 2.29. The minimum absolute atomic E-state index is 0.144. The van der Waals surface area contributed by atoms with Crippen molar-refractivity contribution >= 4 is 0 Å². The molecule has 1 fully saturated rings. The predicted octanol–water partition coefficient (Wildman–Crippen LogP) is 4.16. The van der Waals surface area contributed by atoms with Crippen molar-refractivity contribution in [3.8, 4) is 5.75 Å². The number of hydrogen-bond donors (Lipinski definition) is 1. The molecule has 1 aliphatic heterocycles. The Bertz CT molecular complexity index is 513. The molecule has 0 saturated carbocycles. The Morgan fingerprint density at radius 2 is 1.92 bits per heavy atom. The monoisotopic (exact) mass is 332 g/mol. The molecule has 0 spiro atoms. The molecule has 2 N–H and O–H groups in total. The van der Waals surface area contributed by atoms with Crippen molar-refractivity contribution in [1.82, 2.24) is 4.90 Å². The van der Waals surface area contributed by atoms with Gasteiger partial charge >= 0.3 is 0 Å². The number of methoxy groups -OCH3 is 1. The van der Waals surface area contributed by atoms with E-state index in [0.717, 1.165) is 5.75 Å². The van der Waals surface area contributed by atoms with Crippen molar-refractivity contribution in [2.75, 3.05) is 33.3 Å². The molecule has 1 aromatic rings. The lowest BCUT2D eigenvalue weighted by Crippen LogP contribution is -2.37. The van der Waals surface area contributed by atoms with E-state index in [0.29, 0.717) is 18.4 Å². The first-order valence-electron chi connectivity index (χ1n) is 9.51. The normalized spacial score (nSPS) is 18.6. The Labute approximate surface area is 148 Å². The highest BCUT2D eigenvalue weighted by molar-refractivity contribution is 5.42. The highest BCUT2D eigenvalue weighted by atomic mass is 16.5. The van der Waals surface area contributed by atoms with Gasteiger partial charge in [-0.2, -0.15) is 0 Å². The van der Waals surface area contributed by atoms with Gasteiger partial charge in [0.2, 0.25) is 0 Å². The Hall–Kier alpha value is -1.06. The van der Waals surface area contributed by atoms with Crippen molar-refractivity contribution in [2.45, 2.75) is 58.3 Å². The number of nitrogens with two attached hydrogens (primary N) is 1. The van der Waals surface area contributed by atoms with Gasteiger partial charge in [-0.3, -0.25) is 0 Å². The van der Waals surface area contributed by atoms with Crippen LogP contribution in [0.1, 0.15) is 64.0 Å². The molecule has 2 rings (SSSR count). The molecule has 1 unspecified atom stereocenters. The molecule has 0 radical (unpaired) electrons. The molecule has 0 amide bonds. The SMILES string of the molecule is CCCN1CCC(C(CN)c2cc(C(C)(C)C)ccc2OC)CC1. The predicted molar refractivity (Wildman–Crippen MR) is 103 cm³/mol. The third-order valence-corrected chi connectivity index (χ3v) is 5.49. The van der Waals surface area contributed by atoms with E-state index in [1.807, 2.05) is 0 Å². The number of benzene rings is 1. The third kappa shape index (κ3) is 4.52. The van der Waals surface area contributed by atoms with Crippen LogP contribution in [0.4, 0.5) is 0 Å². The first-order chi connectivity index (χ1) is 11.4. The molecular formula is C21H36N2O. The van der Waals surface area contributed by atoms with Gasteiger partial charge in [0.05, 0.1) is 7.11 Å². The van der Waals surface area contributed by atoms with Crippen LogP contribution in [-0.2, 0) is 5.41 Å². The van der Waals surface area contributed by atoms with Gasteiger partial charge in [-0.15, -0.1) is 0 Å². The van der Waals surface area contributed by atoms with E-state index in [4.69, 9.17) is 10.5 Å². The van der Waals surface area contributed by atoms with Crippen LogP contribution in [0.5, 0.6) is 5.75 Å². The Kier molecular flexibility index (Phi) is 6.70. The summed E-state index contributed by atoms with van der Waals surface area (Å²) in [5.74, 6) is 2.05. The lowest BCUT2D eigenvalue weighted by atomic mass is 9.77. The van der Waals surface area contributed by atoms with Crippen molar-refractivity contribution in [2.24, 2.45) is 11.7 Å². The molecule has 136 valence electrons. The molecule has 3 nitrogen and oxygen atoms in total. The summed E-state index contributed by atoms with van der Waals surface area (Å²) in [4.78, 5) is 2.59. The second kappa shape index (κ2) is 8.35. The van der Waals surface area contributed by atoms with Crippen molar-refractivity contribution in [1.29, 1.82) is 0 Å². The summed E-state index contributed by atoms with van der Waals surface area (Å²) in [7, 11) is 1.77. The van der Waals surface area contributed by atoms with Gasteiger partial charge in [-0.25, -0.2) is 0 Å². The van der Waals surface area contributed by atoms with E-state index < -0.39 is 0 Å². The van der Waals surface area contributed by atoms with Gasteiger partial charge in [-0.05, 0) is 74.0 Å². The van der Waals surface area contributed by atoms with Gasteiger partial charge in [0.15, 0.2) is 0 Å². The minimum atomic E-state index is 0.144. The van der Waals surface area contributed by atoms with Crippen LogP contribution in [0, 0.1) is 5.92 Å². The molecule has 1 saturated heterocycles. The summed E-state index contributed by atoms with van der Waals surface area (Å²) >= 11 is 0. The summed E-state index contributed by atoms with van der Waals surface area (Å²) in [5.41, 5.74) is 9.05. The van der Waals surface area contributed by atoms with E-state index in [1.165, 1.54) is 50.0 Å². The topological polar surface area (TPSA) is 38.5 Å². The third-order valence-electron chi connectivity index (χ3n) is 5.49. The summed E-state index contributed by atoms with van der Waals surface area (Å²) in [5, 5.41) is 0. The van der Waals surface area contributed by atoms with Crippen LogP contribution >= 0.6 is 0 Å². The van der Waals surface area contributed by atoms with E-state index in [1.54, 1.807) is 7.11 Å². The highest BCUT2D eigenvalue weighted by Crippen LogP contribution is 2.38. The molecule has 3 heteroatoms. The van der Waals surface area contributed by atoms with Crippen molar-refractivity contribution in [3.05, 3.63) is 29.3 Å². The van der Waals surface area contributed by atoms with Crippen LogP contribution in [0.3, 0.4) is 0 Å². The zero-order valence-electron chi connectivity index (χ0n) is 16.3. The Morgan fingerprint density at radius 3 is 2.42 bits per heavy atom. The zero-order valence-corrected chi connectivity index (χ0v) is 16.3. The fraction of sp³-hybridized carbons (Fsp3) is 0.714. The van der Waals surface area contributed by atoms with Crippen LogP contribution in [0.2, 0.25) is 0 Å². The molecule has 1 atom stereocenters. The summed E-state index contributed by atoms with van der Waals surface area (Å²) in [6.07, 6.45) is 3.72. The maximum absolute atomic E-state index is 6.24. The van der Waals surface area contributed by atoms with E-state index in [9.17, 15) is 0 Å². The summed E-state index contributed by atoms with van der Waals surface area (Å²) in [6, 6.07) is 6.67. The molecule has 1 aliphatic rings. The first kappa shape index (κ1) is 19.3. The second-order valence-electron chi connectivity index (χ2n) is 8.23. The van der Waals surface area contributed by atoms with Gasteiger partial charge in [0, 0.05) is 5.92 Å². The molecule has 0 aliphatic carbocycles. The average molecular weight is 333 g/mol. The van der Waals surface area contributed by atoms with Crippen LogP contribution in [0.15, 0.2) is 18.2 Å². The number of hydrogen-bond acceptors (Lipinski definition) is 3. The second-order valence-corrected chi connectivity index (χ2v) is 8.23. The van der Waals surface area contributed by atoms with Crippen LogP contribution < -0.4 is 10.5 Å². The first-order valence-corrected chi connectivity index (χ1v) is 9.51. The quantitative estimate of drug-likeness (QED) is 0.850. The van der Waals surface area contributed by atoms with Gasteiger partial charge in [-0.1, -0.05) is 39.8 Å². The lowest BCUT2D eigenvalue weighted by molar-refractivity contribution is 0.168. The fourth-order valence-electron chi connectivity index (χ4n) is 3.96. The summed E-state index contributed by atoms with van der Waals surface area (Å²) in [6.45, 7) is 13.4. The standard InChI is InChI=1S/C21H36N2O/c1-6-11-23-12-9-16(10-13-23)19(15-22)18-14-17(21(2,3)4)7-8-20(18)24-5/h7-8,14,16,19H,6,9-13,15,22H2,1-5H3. The van der Waals surface area contributed by atoms with E-state index in [2.05, 4.69) is 50.8 Å². The van der Waals surface area contributed by atoms with E-state index >= 15 is 0 Å². The maximum atomic E-state index is 6.24. The Balaban J connectivity index is 2.23. The van der Waals surface area contributed by atoms with Crippen molar-refractivity contribution < 1.29 is 4.74 Å². The molecule has 0 aromatic heterocycles. The fourth-order valence-corrected chi connectivity index (χ4v) is 3.96. The van der Waals surface area contributed by atoms with Gasteiger partial charge in [0.1, 0.15) is 5.75 Å². The largest absolute Gasteiger partial charge is 0.496 e. The number of piperidine rings is 1.